The van der Waals surface area contributed by atoms with E-state index in [-0.39, 0.29) is 22.8 Å². The number of rotatable bonds is 1. The van der Waals surface area contributed by atoms with Crippen LogP contribution in [0.15, 0.2) is 35.9 Å². The van der Waals surface area contributed by atoms with Crippen LogP contribution in [0.1, 0.15) is 16.8 Å². The monoisotopic (exact) mass is 274 g/mol. The molecule has 1 aliphatic heterocycles. The quantitative estimate of drug-likeness (QED) is 0.823. The minimum absolute atomic E-state index is 0.0502. The van der Waals surface area contributed by atoms with Crippen molar-refractivity contribution in [2.45, 2.75) is 6.42 Å². The number of hydrogen-bond acceptors (Lipinski definition) is 5. The molecule has 3 N–H and O–H groups in total. The maximum Gasteiger partial charge on any atom is 0.164 e. The van der Waals surface area contributed by atoms with E-state index in [1.807, 2.05) is 36.4 Å². The van der Waals surface area contributed by atoms with E-state index >= 15 is 0 Å². The van der Waals surface area contributed by atoms with E-state index in [0.717, 1.165) is 5.56 Å². The number of aromatic nitrogens is 2. The molecule has 0 radical (unpaired) electrons. The maximum atomic E-state index is 9.37. The lowest BCUT2D eigenvalue weighted by Crippen LogP contribution is -2.24. The van der Waals surface area contributed by atoms with Crippen molar-refractivity contribution in [1.29, 1.82) is 15.9 Å². The van der Waals surface area contributed by atoms with Crippen LogP contribution in [0.4, 0.5) is 5.82 Å². The molecule has 0 atom stereocenters. The molecule has 21 heavy (non-hydrogen) atoms. The topological polar surface area (TPSA) is 115 Å². The van der Waals surface area contributed by atoms with Gasteiger partial charge in [0.2, 0.25) is 0 Å². The Hall–Kier alpha value is -3.38. The van der Waals surface area contributed by atoms with Gasteiger partial charge in [0.1, 0.15) is 23.3 Å². The Kier molecular flexibility index (Phi) is 2.78. The summed E-state index contributed by atoms with van der Waals surface area (Å²) in [5.41, 5.74) is 8.36. The van der Waals surface area contributed by atoms with Crippen molar-refractivity contribution in [2.24, 2.45) is 0 Å². The third-order valence-electron chi connectivity index (χ3n) is 3.45. The van der Waals surface area contributed by atoms with E-state index in [9.17, 15) is 10.5 Å². The minimum atomic E-state index is -0.0502. The highest BCUT2D eigenvalue weighted by atomic mass is 15.3. The second kappa shape index (κ2) is 4.62. The summed E-state index contributed by atoms with van der Waals surface area (Å²) < 4.78 is 1.28. The lowest BCUT2D eigenvalue weighted by atomic mass is 9.92. The van der Waals surface area contributed by atoms with Crippen molar-refractivity contribution in [3.63, 3.8) is 0 Å². The fourth-order valence-corrected chi connectivity index (χ4v) is 2.45. The highest BCUT2D eigenvalue weighted by molar-refractivity contribution is 6.10. The number of nitrogens with one attached hydrogen (secondary N) is 1. The number of allylic oxidation sites excluding steroid dienone is 2. The Morgan fingerprint density at radius 3 is 2.52 bits per heavy atom. The molecule has 2 heterocycles. The molecule has 2 aromatic rings. The molecule has 0 saturated heterocycles. The summed E-state index contributed by atoms with van der Waals surface area (Å²) in [5, 5.41) is 30.7. The Morgan fingerprint density at radius 1 is 1.19 bits per heavy atom. The fraction of sp³-hybridized carbons (Fsp3) is 0.0667. The zero-order valence-corrected chi connectivity index (χ0v) is 11.0. The van der Waals surface area contributed by atoms with Gasteiger partial charge in [-0.05, 0) is 11.1 Å². The van der Waals surface area contributed by atoms with Gasteiger partial charge in [0, 0.05) is 6.42 Å². The molecule has 0 aliphatic carbocycles. The average molecular weight is 274 g/mol. The molecule has 0 spiro atoms. The molecule has 0 saturated carbocycles. The molecular formula is C15H10N6. The van der Waals surface area contributed by atoms with Crippen LogP contribution in [0.5, 0.6) is 0 Å². The molecule has 0 fully saturated rings. The predicted octanol–water partition coefficient (Wildman–Crippen LogP) is 1.70. The number of anilines is 1. The van der Waals surface area contributed by atoms with Crippen molar-refractivity contribution in [3.8, 4) is 12.1 Å². The number of benzene rings is 1. The van der Waals surface area contributed by atoms with E-state index < -0.39 is 0 Å². The second-order valence-corrected chi connectivity index (χ2v) is 4.59. The smallest absolute Gasteiger partial charge is 0.164 e. The van der Waals surface area contributed by atoms with Crippen LogP contribution in [-0.4, -0.2) is 15.6 Å². The zero-order valence-electron chi connectivity index (χ0n) is 11.0. The Bertz CT molecular complexity index is 858. The van der Waals surface area contributed by atoms with Crippen molar-refractivity contribution in [1.82, 2.24) is 9.78 Å². The first kappa shape index (κ1) is 12.6. The maximum absolute atomic E-state index is 9.37. The summed E-state index contributed by atoms with van der Waals surface area (Å²) >= 11 is 0. The molecule has 0 bridgehead atoms. The number of nitrogens with zero attached hydrogens (tertiary/aromatic N) is 4. The van der Waals surface area contributed by atoms with E-state index in [0.29, 0.717) is 17.7 Å². The lowest BCUT2D eigenvalue weighted by molar-refractivity contribution is 0.863. The molecule has 0 unspecified atom stereocenters. The van der Waals surface area contributed by atoms with Crippen LogP contribution in [0, 0.1) is 28.1 Å². The van der Waals surface area contributed by atoms with E-state index in [2.05, 4.69) is 11.2 Å². The molecule has 3 rings (SSSR count). The summed E-state index contributed by atoms with van der Waals surface area (Å²) in [4.78, 5) is 0. The summed E-state index contributed by atoms with van der Waals surface area (Å²) in [6.07, 6.45) is 0.350. The first-order valence-corrected chi connectivity index (χ1v) is 6.22. The van der Waals surface area contributed by atoms with Gasteiger partial charge in [-0.25, -0.2) is 4.68 Å². The molecule has 6 heteroatoms. The van der Waals surface area contributed by atoms with Crippen molar-refractivity contribution in [3.05, 3.63) is 52.7 Å². The van der Waals surface area contributed by atoms with Crippen LogP contribution in [-0.2, 0) is 6.42 Å². The number of nitrogen functional groups attached to an aromatic ring is 1. The number of nitriles is 2. The molecule has 1 aliphatic rings. The average Bonchev–Trinajstić information content (AvgIpc) is 2.84. The highest BCUT2D eigenvalue weighted by Gasteiger charge is 2.29. The van der Waals surface area contributed by atoms with Gasteiger partial charge in [-0.2, -0.15) is 10.5 Å². The van der Waals surface area contributed by atoms with Crippen LogP contribution in [0.3, 0.4) is 0 Å². The standard InChI is InChI=1S/C15H10N6/c16-7-11-10(9-4-2-1-3-5-9)6-13-12(8-17)14(18)20-21(13)15(11)19/h1-5,19H,6H2,(H2,18,20). The first-order valence-electron chi connectivity index (χ1n) is 6.22. The van der Waals surface area contributed by atoms with E-state index in [1.54, 1.807) is 0 Å². The third-order valence-corrected chi connectivity index (χ3v) is 3.45. The van der Waals surface area contributed by atoms with Gasteiger partial charge in [-0.15, -0.1) is 5.10 Å². The zero-order chi connectivity index (χ0) is 15.0. The number of fused-ring (bicyclic) bond motifs is 1. The van der Waals surface area contributed by atoms with E-state index in [4.69, 9.17) is 11.1 Å². The third kappa shape index (κ3) is 1.78. The Morgan fingerprint density at radius 2 is 1.90 bits per heavy atom. The summed E-state index contributed by atoms with van der Waals surface area (Å²) in [5.74, 6) is 0.0367. The highest BCUT2D eigenvalue weighted by Crippen LogP contribution is 2.31. The molecule has 1 aromatic heterocycles. The Balaban J connectivity index is 2.24. The molecular weight excluding hydrogens is 264 g/mol. The van der Waals surface area contributed by atoms with Gasteiger partial charge in [-0.3, -0.25) is 5.41 Å². The van der Waals surface area contributed by atoms with Gasteiger partial charge in [0.25, 0.3) is 0 Å². The van der Waals surface area contributed by atoms with Crippen LogP contribution >= 0.6 is 0 Å². The van der Waals surface area contributed by atoms with E-state index in [1.165, 1.54) is 4.68 Å². The number of hydrogen-bond donors (Lipinski definition) is 2. The second-order valence-electron chi connectivity index (χ2n) is 4.59. The Labute approximate surface area is 120 Å². The van der Waals surface area contributed by atoms with Crippen LogP contribution in [0.25, 0.3) is 5.57 Å². The van der Waals surface area contributed by atoms with Gasteiger partial charge in [-0.1, -0.05) is 30.3 Å². The van der Waals surface area contributed by atoms with Gasteiger partial charge >= 0.3 is 0 Å². The molecule has 100 valence electrons. The lowest BCUT2D eigenvalue weighted by Gasteiger charge is -2.19. The predicted molar refractivity (Wildman–Crippen MR) is 77.2 cm³/mol. The summed E-state index contributed by atoms with van der Waals surface area (Å²) in [7, 11) is 0. The summed E-state index contributed by atoms with van der Waals surface area (Å²) in [6, 6.07) is 13.4. The molecule has 1 aromatic carbocycles. The van der Waals surface area contributed by atoms with Gasteiger partial charge < -0.3 is 5.73 Å². The summed E-state index contributed by atoms with van der Waals surface area (Å²) in [6.45, 7) is 0. The largest absolute Gasteiger partial charge is 0.381 e. The van der Waals surface area contributed by atoms with Crippen molar-refractivity contribution in [2.75, 3.05) is 5.73 Å². The van der Waals surface area contributed by atoms with Gasteiger partial charge in [0.15, 0.2) is 11.7 Å². The van der Waals surface area contributed by atoms with Crippen molar-refractivity contribution >= 4 is 17.2 Å². The van der Waals surface area contributed by atoms with Crippen LogP contribution < -0.4 is 5.73 Å². The fourth-order valence-electron chi connectivity index (χ4n) is 2.45. The molecule has 0 amide bonds. The normalized spacial score (nSPS) is 13.5. The minimum Gasteiger partial charge on any atom is -0.381 e. The first-order chi connectivity index (χ1) is 10.2. The van der Waals surface area contributed by atoms with Gasteiger partial charge in [0.05, 0.1) is 5.69 Å². The number of nitrogens with two attached hydrogens (primary N) is 1. The SMILES string of the molecule is N#CC1=C(c2ccccc2)Cc2c(C#N)c(N)nn2C1=N. The van der Waals surface area contributed by atoms with Crippen LogP contribution in [0.2, 0.25) is 0 Å². The van der Waals surface area contributed by atoms with Crippen molar-refractivity contribution < 1.29 is 0 Å². The molecule has 6 nitrogen and oxygen atoms in total.